The molecule has 0 spiro atoms. The molecule has 0 saturated carbocycles. The minimum Gasteiger partial charge on any atom is -0.493 e. The highest BCUT2D eigenvalue weighted by Crippen LogP contribution is 2.31. The molecule has 0 bridgehead atoms. The minimum absolute atomic E-state index is 0.289. The van der Waals surface area contributed by atoms with E-state index in [0.717, 1.165) is 16.9 Å². The fraction of sp³-hybridized carbons (Fsp3) is 0.391. The molecule has 26 heavy (non-hydrogen) atoms. The lowest BCUT2D eigenvalue weighted by molar-refractivity contribution is 0.257. The highest BCUT2D eigenvalue weighted by atomic mass is 19.1. The highest BCUT2D eigenvalue weighted by molar-refractivity contribution is 5.69. The number of allylic oxidation sites excluding steroid dienone is 1. The van der Waals surface area contributed by atoms with E-state index in [9.17, 15) is 4.39 Å². The predicted octanol–water partition coefficient (Wildman–Crippen LogP) is 6.18. The molecule has 3 heteroatoms. The monoisotopic (exact) mass is 354 g/mol. The lowest BCUT2D eigenvalue weighted by Gasteiger charge is -2.20. The Kier molecular flexibility index (Phi) is 5.97. The van der Waals surface area contributed by atoms with Crippen molar-refractivity contribution in [1.29, 1.82) is 0 Å². The van der Waals surface area contributed by atoms with Gasteiger partial charge in [0, 0.05) is 5.92 Å². The van der Waals surface area contributed by atoms with Crippen LogP contribution in [0.1, 0.15) is 32.3 Å². The van der Waals surface area contributed by atoms with E-state index in [-0.39, 0.29) is 5.82 Å². The summed E-state index contributed by atoms with van der Waals surface area (Å²) in [6, 6.07) is 11.5. The van der Waals surface area contributed by atoms with Gasteiger partial charge in [-0.3, -0.25) is 0 Å². The third-order valence-corrected chi connectivity index (χ3v) is 4.98. The van der Waals surface area contributed by atoms with Gasteiger partial charge in [0.1, 0.15) is 5.75 Å². The zero-order valence-corrected chi connectivity index (χ0v) is 15.8. The topological polar surface area (TPSA) is 18.5 Å². The Morgan fingerprint density at radius 2 is 1.77 bits per heavy atom. The molecular formula is C23H27FO2. The van der Waals surface area contributed by atoms with Crippen LogP contribution in [0.3, 0.4) is 0 Å². The van der Waals surface area contributed by atoms with Crippen LogP contribution in [0.25, 0.3) is 11.1 Å². The van der Waals surface area contributed by atoms with E-state index in [1.807, 2.05) is 37.3 Å². The first kappa shape index (κ1) is 18.5. The Labute approximate surface area is 155 Å². The molecule has 2 unspecified atom stereocenters. The van der Waals surface area contributed by atoms with Crippen molar-refractivity contribution in [2.45, 2.75) is 33.6 Å². The Bertz CT molecular complexity index is 765. The SMILES string of the molecule is CCOc1ccc(-c2ccc(OCC3C=CC(C)CC3)cc2)c(C)c1F. The fourth-order valence-electron chi connectivity index (χ4n) is 3.33. The molecule has 0 fully saturated rings. The summed E-state index contributed by atoms with van der Waals surface area (Å²) in [4.78, 5) is 0. The van der Waals surface area contributed by atoms with E-state index >= 15 is 0 Å². The van der Waals surface area contributed by atoms with E-state index < -0.39 is 0 Å². The van der Waals surface area contributed by atoms with Crippen molar-refractivity contribution in [3.63, 3.8) is 0 Å². The predicted molar refractivity (Wildman–Crippen MR) is 104 cm³/mol. The van der Waals surface area contributed by atoms with Crippen molar-refractivity contribution in [1.82, 2.24) is 0 Å². The Morgan fingerprint density at radius 1 is 1.00 bits per heavy atom. The summed E-state index contributed by atoms with van der Waals surface area (Å²) in [5, 5.41) is 0. The Morgan fingerprint density at radius 3 is 2.42 bits per heavy atom. The van der Waals surface area contributed by atoms with Gasteiger partial charge in [0.2, 0.25) is 0 Å². The van der Waals surface area contributed by atoms with Crippen LogP contribution in [-0.4, -0.2) is 13.2 Å². The van der Waals surface area contributed by atoms with Crippen molar-refractivity contribution < 1.29 is 13.9 Å². The average Bonchev–Trinajstić information content (AvgIpc) is 2.66. The quantitative estimate of drug-likeness (QED) is 0.577. The maximum absolute atomic E-state index is 14.4. The maximum Gasteiger partial charge on any atom is 0.168 e. The third-order valence-electron chi connectivity index (χ3n) is 4.98. The summed E-state index contributed by atoms with van der Waals surface area (Å²) in [6.07, 6.45) is 6.96. The summed E-state index contributed by atoms with van der Waals surface area (Å²) >= 11 is 0. The van der Waals surface area contributed by atoms with Gasteiger partial charge in [-0.05, 0) is 67.5 Å². The number of benzene rings is 2. The van der Waals surface area contributed by atoms with E-state index in [4.69, 9.17) is 9.47 Å². The average molecular weight is 354 g/mol. The maximum atomic E-state index is 14.4. The molecule has 2 aromatic rings. The van der Waals surface area contributed by atoms with Gasteiger partial charge in [-0.1, -0.05) is 37.3 Å². The van der Waals surface area contributed by atoms with Gasteiger partial charge in [0.25, 0.3) is 0 Å². The largest absolute Gasteiger partial charge is 0.493 e. The van der Waals surface area contributed by atoms with Crippen molar-refractivity contribution in [3.05, 3.63) is 59.9 Å². The Hall–Kier alpha value is -2.29. The van der Waals surface area contributed by atoms with Crippen LogP contribution in [-0.2, 0) is 0 Å². The van der Waals surface area contributed by atoms with Crippen LogP contribution in [0.2, 0.25) is 0 Å². The molecule has 1 aliphatic rings. The minimum atomic E-state index is -0.289. The summed E-state index contributed by atoms with van der Waals surface area (Å²) in [5.41, 5.74) is 2.45. The fourth-order valence-corrected chi connectivity index (χ4v) is 3.33. The summed E-state index contributed by atoms with van der Waals surface area (Å²) in [7, 11) is 0. The molecule has 0 heterocycles. The van der Waals surface area contributed by atoms with Gasteiger partial charge in [-0.2, -0.15) is 0 Å². The second kappa shape index (κ2) is 8.39. The number of ether oxygens (including phenoxy) is 2. The van der Waals surface area contributed by atoms with E-state index in [1.54, 1.807) is 13.0 Å². The molecule has 1 aliphatic carbocycles. The van der Waals surface area contributed by atoms with E-state index in [0.29, 0.717) is 36.4 Å². The van der Waals surface area contributed by atoms with Crippen molar-refractivity contribution in [2.24, 2.45) is 11.8 Å². The Balaban J connectivity index is 1.68. The molecule has 0 N–H and O–H groups in total. The van der Waals surface area contributed by atoms with Crippen LogP contribution >= 0.6 is 0 Å². The van der Waals surface area contributed by atoms with E-state index in [1.165, 1.54) is 12.8 Å². The van der Waals surface area contributed by atoms with Gasteiger partial charge in [-0.15, -0.1) is 0 Å². The lowest BCUT2D eigenvalue weighted by atomic mass is 9.90. The van der Waals surface area contributed by atoms with Gasteiger partial charge in [-0.25, -0.2) is 4.39 Å². The zero-order valence-electron chi connectivity index (χ0n) is 15.8. The molecule has 2 nitrogen and oxygen atoms in total. The van der Waals surface area contributed by atoms with Crippen LogP contribution in [0.15, 0.2) is 48.6 Å². The van der Waals surface area contributed by atoms with Crippen molar-refractivity contribution in [3.8, 4) is 22.6 Å². The molecule has 0 amide bonds. The number of halogens is 1. The van der Waals surface area contributed by atoms with Gasteiger partial charge in [0.05, 0.1) is 13.2 Å². The summed E-state index contributed by atoms with van der Waals surface area (Å²) in [6.45, 7) is 7.05. The third kappa shape index (κ3) is 4.27. The summed E-state index contributed by atoms with van der Waals surface area (Å²) in [5.74, 6) is 2.05. The first-order valence-corrected chi connectivity index (χ1v) is 9.42. The zero-order chi connectivity index (χ0) is 18.5. The first-order valence-electron chi connectivity index (χ1n) is 9.42. The van der Waals surface area contributed by atoms with Crippen LogP contribution < -0.4 is 9.47 Å². The smallest absolute Gasteiger partial charge is 0.168 e. The molecule has 2 atom stereocenters. The van der Waals surface area contributed by atoms with E-state index in [2.05, 4.69) is 19.1 Å². The van der Waals surface area contributed by atoms with Gasteiger partial charge < -0.3 is 9.47 Å². The normalized spacial score (nSPS) is 19.4. The number of rotatable bonds is 6. The highest BCUT2D eigenvalue weighted by Gasteiger charge is 2.14. The van der Waals surface area contributed by atoms with Crippen LogP contribution in [0.4, 0.5) is 4.39 Å². The second-order valence-electron chi connectivity index (χ2n) is 7.02. The lowest BCUT2D eigenvalue weighted by Crippen LogP contribution is -2.14. The van der Waals surface area contributed by atoms with Crippen molar-refractivity contribution in [2.75, 3.05) is 13.2 Å². The van der Waals surface area contributed by atoms with Gasteiger partial charge >= 0.3 is 0 Å². The number of hydrogen-bond donors (Lipinski definition) is 0. The molecule has 0 aliphatic heterocycles. The van der Waals surface area contributed by atoms with Crippen molar-refractivity contribution >= 4 is 0 Å². The molecule has 0 radical (unpaired) electrons. The summed E-state index contributed by atoms with van der Waals surface area (Å²) < 4.78 is 25.7. The molecule has 0 aromatic heterocycles. The standard InChI is InChI=1S/C23H27FO2/c1-4-25-22-14-13-21(17(3)23(22)24)19-9-11-20(12-10-19)26-15-18-7-5-16(2)6-8-18/h5,7,9-14,16,18H,4,6,8,15H2,1-3H3. The molecule has 138 valence electrons. The first-order chi connectivity index (χ1) is 12.6. The number of hydrogen-bond acceptors (Lipinski definition) is 2. The van der Waals surface area contributed by atoms with Gasteiger partial charge in [0.15, 0.2) is 11.6 Å². The molecule has 3 rings (SSSR count). The molecule has 2 aromatic carbocycles. The van der Waals surface area contributed by atoms with Crippen LogP contribution in [0.5, 0.6) is 11.5 Å². The molecule has 0 saturated heterocycles. The second-order valence-corrected chi connectivity index (χ2v) is 7.02. The molecular weight excluding hydrogens is 327 g/mol. The van der Waals surface area contributed by atoms with Crippen LogP contribution in [0, 0.1) is 24.6 Å².